The maximum atomic E-state index is 9.04. The first kappa shape index (κ1) is 12.0. The van der Waals surface area contributed by atoms with Gasteiger partial charge < -0.3 is 5.32 Å². The number of hydrogen-bond acceptors (Lipinski definition) is 2. The topological polar surface area (TPSA) is 35.8 Å². The Balaban J connectivity index is 1.97. The van der Waals surface area contributed by atoms with Crippen LogP contribution in [0.1, 0.15) is 38.2 Å². The van der Waals surface area contributed by atoms with Gasteiger partial charge in [-0.2, -0.15) is 5.26 Å². The molecule has 0 heterocycles. The van der Waals surface area contributed by atoms with E-state index in [1.165, 1.54) is 18.4 Å². The van der Waals surface area contributed by atoms with Gasteiger partial charge in [-0.05, 0) is 43.4 Å². The van der Waals surface area contributed by atoms with E-state index in [0.29, 0.717) is 6.04 Å². The Kier molecular flexibility index (Phi) is 4.03. The molecule has 0 bridgehead atoms. The van der Waals surface area contributed by atoms with Crippen molar-refractivity contribution in [3.63, 3.8) is 0 Å². The third-order valence-electron chi connectivity index (χ3n) is 3.53. The molecule has 2 unspecified atom stereocenters. The summed E-state index contributed by atoms with van der Waals surface area (Å²) in [6.07, 6.45) is 5.66. The highest BCUT2D eigenvalue weighted by Crippen LogP contribution is 2.28. The third-order valence-corrected chi connectivity index (χ3v) is 3.53. The number of anilines is 1. The van der Waals surface area contributed by atoms with Crippen LogP contribution in [0, 0.1) is 17.2 Å². The van der Waals surface area contributed by atoms with Gasteiger partial charge >= 0.3 is 0 Å². The van der Waals surface area contributed by atoms with Crippen molar-refractivity contribution in [3.05, 3.63) is 29.8 Å². The molecule has 0 aliphatic heterocycles. The molecule has 1 fully saturated rings. The fraction of sp³-hybridized carbons (Fsp3) is 0.533. The predicted octanol–water partition coefficient (Wildman–Crippen LogP) is 3.74. The second-order valence-electron chi connectivity index (χ2n) is 4.86. The minimum absolute atomic E-state index is 0.185. The van der Waals surface area contributed by atoms with Gasteiger partial charge in [-0.15, -0.1) is 0 Å². The van der Waals surface area contributed by atoms with Crippen molar-refractivity contribution < 1.29 is 0 Å². The second-order valence-corrected chi connectivity index (χ2v) is 4.86. The Bertz CT molecular complexity index is 388. The molecule has 0 amide bonds. The van der Waals surface area contributed by atoms with Crippen LogP contribution in [0.3, 0.4) is 0 Å². The summed E-state index contributed by atoms with van der Waals surface area (Å²) in [6.45, 7) is 2.20. The van der Waals surface area contributed by atoms with Crippen molar-refractivity contribution in [2.24, 2.45) is 5.92 Å². The van der Waals surface area contributed by atoms with Gasteiger partial charge in [-0.25, -0.2) is 0 Å². The smallest absolute Gasteiger partial charge is 0.0677 e. The molecule has 1 aliphatic carbocycles. The molecule has 1 N–H and O–H groups in total. The van der Waals surface area contributed by atoms with Gasteiger partial charge in [-0.1, -0.05) is 25.5 Å². The number of nitrogens with zero attached hydrogens (tertiary/aromatic N) is 1. The fourth-order valence-corrected chi connectivity index (χ4v) is 2.56. The zero-order valence-corrected chi connectivity index (χ0v) is 10.4. The Morgan fingerprint density at radius 3 is 2.71 bits per heavy atom. The lowest BCUT2D eigenvalue weighted by atomic mass is 10.0. The molecular formula is C15H20N2. The highest BCUT2D eigenvalue weighted by atomic mass is 14.9. The molecule has 1 aromatic rings. The maximum Gasteiger partial charge on any atom is 0.0677 e. The first-order valence-electron chi connectivity index (χ1n) is 6.58. The van der Waals surface area contributed by atoms with Gasteiger partial charge in [0.15, 0.2) is 0 Å². The van der Waals surface area contributed by atoms with E-state index in [1.807, 2.05) is 0 Å². The highest BCUT2D eigenvalue weighted by molar-refractivity contribution is 5.46. The molecule has 0 spiro atoms. The van der Waals surface area contributed by atoms with E-state index in [4.69, 9.17) is 5.26 Å². The van der Waals surface area contributed by atoms with Crippen LogP contribution in [0.5, 0.6) is 0 Å². The van der Waals surface area contributed by atoms with E-state index >= 15 is 0 Å². The van der Waals surface area contributed by atoms with Crippen molar-refractivity contribution in [1.82, 2.24) is 0 Å². The summed E-state index contributed by atoms with van der Waals surface area (Å²) in [4.78, 5) is 0. The van der Waals surface area contributed by atoms with Crippen molar-refractivity contribution in [3.8, 4) is 6.07 Å². The van der Waals surface area contributed by atoms with Crippen LogP contribution < -0.4 is 5.32 Å². The molecule has 2 rings (SSSR count). The monoisotopic (exact) mass is 228 g/mol. The molecule has 90 valence electrons. The Morgan fingerprint density at radius 1 is 1.29 bits per heavy atom. The first-order chi connectivity index (χ1) is 8.33. The minimum Gasteiger partial charge on any atom is -0.381 e. The molecule has 1 aromatic carbocycles. The molecular weight excluding hydrogens is 208 g/mol. The third kappa shape index (κ3) is 3.00. The van der Waals surface area contributed by atoms with Gasteiger partial charge in [0.1, 0.15) is 0 Å². The van der Waals surface area contributed by atoms with Crippen LogP contribution in [-0.4, -0.2) is 6.04 Å². The maximum absolute atomic E-state index is 9.04. The number of rotatable bonds is 4. The Labute approximate surface area is 104 Å². The first-order valence-corrected chi connectivity index (χ1v) is 6.58. The number of benzene rings is 1. The number of hydrogen-bond donors (Lipinski definition) is 1. The largest absolute Gasteiger partial charge is 0.381 e. The van der Waals surface area contributed by atoms with Gasteiger partial charge in [0.2, 0.25) is 0 Å². The highest BCUT2D eigenvalue weighted by Gasteiger charge is 2.26. The van der Waals surface area contributed by atoms with Crippen LogP contribution in [0.25, 0.3) is 0 Å². The van der Waals surface area contributed by atoms with E-state index in [-0.39, 0.29) is 5.92 Å². The quantitative estimate of drug-likeness (QED) is 0.852. The van der Waals surface area contributed by atoms with Crippen molar-refractivity contribution in [2.75, 3.05) is 5.32 Å². The summed E-state index contributed by atoms with van der Waals surface area (Å²) in [5.74, 6) is 0.185. The van der Waals surface area contributed by atoms with E-state index in [2.05, 4.69) is 42.6 Å². The zero-order chi connectivity index (χ0) is 12.1. The van der Waals surface area contributed by atoms with Gasteiger partial charge in [0.05, 0.1) is 12.0 Å². The molecule has 0 aromatic heterocycles. The van der Waals surface area contributed by atoms with Gasteiger partial charge in [-0.3, -0.25) is 0 Å². The molecule has 2 heteroatoms. The van der Waals surface area contributed by atoms with Crippen LogP contribution in [0.2, 0.25) is 0 Å². The molecule has 0 saturated heterocycles. The second kappa shape index (κ2) is 5.72. The zero-order valence-electron chi connectivity index (χ0n) is 10.4. The summed E-state index contributed by atoms with van der Waals surface area (Å²) >= 11 is 0. The SMILES string of the molecule is CCCc1ccc(NC2CCCC2C#N)cc1. The summed E-state index contributed by atoms with van der Waals surface area (Å²) in [7, 11) is 0. The predicted molar refractivity (Wildman–Crippen MR) is 70.8 cm³/mol. The Morgan fingerprint density at radius 2 is 2.06 bits per heavy atom. The van der Waals surface area contributed by atoms with Crippen molar-refractivity contribution in [1.29, 1.82) is 5.26 Å². The molecule has 2 atom stereocenters. The van der Waals surface area contributed by atoms with Gasteiger partial charge in [0.25, 0.3) is 0 Å². The van der Waals surface area contributed by atoms with Crippen LogP contribution in [0.4, 0.5) is 5.69 Å². The fourth-order valence-electron chi connectivity index (χ4n) is 2.56. The molecule has 17 heavy (non-hydrogen) atoms. The minimum atomic E-state index is 0.185. The van der Waals surface area contributed by atoms with E-state index in [0.717, 1.165) is 24.9 Å². The number of nitrogens with one attached hydrogen (secondary N) is 1. The standard InChI is InChI=1S/C15H20N2/c1-2-4-12-7-9-14(10-8-12)17-15-6-3-5-13(15)11-16/h7-10,13,15,17H,2-6H2,1H3. The van der Waals surface area contributed by atoms with Crippen molar-refractivity contribution in [2.45, 2.75) is 45.1 Å². The van der Waals surface area contributed by atoms with E-state index in [9.17, 15) is 0 Å². The van der Waals surface area contributed by atoms with Crippen LogP contribution >= 0.6 is 0 Å². The molecule has 1 saturated carbocycles. The lowest BCUT2D eigenvalue weighted by molar-refractivity contribution is 0.630. The van der Waals surface area contributed by atoms with Crippen LogP contribution in [-0.2, 0) is 6.42 Å². The lowest BCUT2D eigenvalue weighted by Gasteiger charge is -2.17. The van der Waals surface area contributed by atoms with Crippen molar-refractivity contribution >= 4 is 5.69 Å². The van der Waals surface area contributed by atoms with Crippen LogP contribution in [0.15, 0.2) is 24.3 Å². The molecule has 1 aliphatic rings. The molecule has 2 nitrogen and oxygen atoms in total. The van der Waals surface area contributed by atoms with Gasteiger partial charge in [0, 0.05) is 11.7 Å². The summed E-state index contributed by atoms with van der Waals surface area (Å²) in [5, 5.41) is 12.5. The Hall–Kier alpha value is -1.49. The summed E-state index contributed by atoms with van der Waals surface area (Å²) < 4.78 is 0. The molecule has 0 radical (unpaired) electrons. The number of nitriles is 1. The lowest BCUT2D eigenvalue weighted by Crippen LogP contribution is -2.22. The average molecular weight is 228 g/mol. The normalized spacial score (nSPS) is 23.3. The summed E-state index contributed by atoms with van der Waals surface area (Å²) in [5.41, 5.74) is 2.54. The van der Waals surface area contributed by atoms with E-state index in [1.54, 1.807) is 0 Å². The average Bonchev–Trinajstić information content (AvgIpc) is 2.79. The van der Waals surface area contributed by atoms with E-state index < -0.39 is 0 Å². The number of aryl methyl sites for hydroxylation is 1. The summed E-state index contributed by atoms with van der Waals surface area (Å²) in [6, 6.07) is 11.4.